The van der Waals surface area contributed by atoms with Crippen molar-refractivity contribution in [3.8, 4) is 45.5 Å². The number of nitrogens with zero attached hydrogens (tertiary/aromatic N) is 5. The first-order valence-electron chi connectivity index (χ1n) is 16.8. The predicted octanol–water partition coefficient (Wildman–Crippen LogP) is 11.1. The average molecular weight is 640 g/mol. The second-order valence-corrected chi connectivity index (χ2v) is 12.5. The molecule has 5 nitrogen and oxygen atoms in total. The molecule has 3 heterocycles. The predicted molar refractivity (Wildman–Crippen MR) is 205 cm³/mol. The molecule has 50 heavy (non-hydrogen) atoms. The molecule has 0 atom stereocenters. The summed E-state index contributed by atoms with van der Waals surface area (Å²) < 4.78 is 4.76. The summed E-state index contributed by atoms with van der Waals surface area (Å²) in [4.78, 5) is 15.3. The lowest BCUT2D eigenvalue weighted by Crippen LogP contribution is -2.02. The van der Waals surface area contributed by atoms with Gasteiger partial charge in [-0.3, -0.25) is 0 Å². The third-order valence-electron chi connectivity index (χ3n) is 9.56. The van der Waals surface area contributed by atoms with Gasteiger partial charge in [-0.1, -0.05) is 127 Å². The van der Waals surface area contributed by atoms with Gasteiger partial charge in [-0.15, -0.1) is 0 Å². The highest BCUT2D eigenvalue weighted by Gasteiger charge is 2.23. The van der Waals surface area contributed by atoms with Crippen LogP contribution in [-0.4, -0.2) is 24.1 Å². The second-order valence-electron chi connectivity index (χ2n) is 12.5. The van der Waals surface area contributed by atoms with Crippen molar-refractivity contribution in [2.45, 2.75) is 0 Å². The maximum Gasteiger partial charge on any atom is 0.166 e. The van der Waals surface area contributed by atoms with Crippen molar-refractivity contribution in [1.29, 1.82) is 0 Å². The van der Waals surface area contributed by atoms with Crippen LogP contribution in [0.25, 0.3) is 89.2 Å². The topological polar surface area (TPSA) is 48.5 Å². The Balaban J connectivity index is 1.35. The fourth-order valence-electron chi connectivity index (χ4n) is 7.43. The van der Waals surface area contributed by atoms with E-state index in [1.807, 2.05) is 36.4 Å². The van der Waals surface area contributed by atoms with Crippen molar-refractivity contribution >= 4 is 43.6 Å². The first kappa shape index (κ1) is 28.2. The Morgan fingerprint density at radius 3 is 1.40 bits per heavy atom. The summed E-state index contributed by atoms with van der Waals surface area (Å²) in [5.74, 6) is 1.91. The van der Waals surface area contributed by atoms with Crippen LogP contribution in [0.2, 0.25) is 0 Å². The molecule has 0 fully saturated rings. The Bertz CT molecular complexity index is 2780. The minimum Gasteiger partial charge on any atom is -0.309 e. The molecule has 0 spiro atoms. The Labute approximate surface area is 288 Å². The van der Waals surface area contributed by atoms with E-state index in [1.54, 1.807) is 0 Å². The number of aromatic nitrogens is 5. The van der Waals surface area contributed by atoms with E-state index in [1.165, 1.54) is 27.2 Å². The SMILES string of the molecule is c1ccc(-c2nc(-c3ccccc3)nc(-c3cccc4c5c6c7ccccc7n(-c7ccccc7)c6ccc5n(-c5ccccc5)c34)n2)cc1. The fraction of sp³-hybridized carbons (Fsp3) is 0. The van der Waals surface area contributed by atoms with Crippen LogP contribution in [0.3, 0.4) is 0 Å². The third kappa shape index (κ3) is 4.37. The molecule has 3 aromatic heterocycles. The van der Waals surface area contributed by atoms with Crippen LogP contribution in [0.1, 0.15) is 0 Å². The third-order valence-corrected chi connectivity index (χ3v) is 9.56. The van der Waals surface area contributed by atoms with E-state index in [-0.39, 0.29) is 0 Å². The zero-order valence-corrected chi connectivity index (χ0v) is 27.0. The molecule has 0 amide bonds. The molecule has 10 aromatic rings. The average Bonchev–Trinajstić information content (AvgIpc) is 3.72. The Morgan fingerprint density at radius 2 is 0.780 bits per heavy atom. The lowest BCUT2D eigenvalue weighted by Gasteiger charge is -2.12. The van der Waals surface area contributed by atoms with E-state index in [4.69, 9.17) is 15.0 Å². The van der Waals surface area contributed by atoms with Crippen molar-refractivity contribution in [1.82, 2.24) is 24.1 Å². The van der Waals surface area contributed by atoms with Gasteiger partial charge in [-0.2, -0.15) is 0 Å². The largest absolute Gasteiger partial charge is 0.309 e. The monoisotopic (exact) mass is 639 g/mol. The minimum absolute atomic E-state index is 0.631. The highest BCUT2D eigenvalue weighted by molar-refractivity contribution is 6.30. The molecule has 0 bridgehead atoms. The Morgan fingerprint density at radius 1 is 0.320 bits per heavy atom. The summed E-state index contributed by atoms with van der Waals surface area (Å²) in [6.07, 6.45) is 0. The molecule has 234 valence electrons. The van der Waals surface area contributed by atoms with E-state index in [0.29, 0.717) is 17.5 Å². The normalized spacial score (nSPS) is 11.6. The van der Waals surface area contributed by atoms with Crippen molar-refractivity contribution < 1.29 is 0 Å². The van der Waals surface area contributed by atoms with Gasteiger partial charge >= 0.3 is 0 Å². The van der Waals surface area contributed by atoms with Gasteiger partial charge in [0.25, 0.3) is 0 Å². The van der Waals surface area contributed by atoms with E-state index in [9.17, 15) is 0 Å². The summed E-state index contributed by atoms with van der Waals surface area (Å²) >= 11 is 0. The first-order valence-corrected chi connectivity index (χ1v) is 16.8. The number of fused-ring (bicyclic) bond motifs is 7. The van der Waals surface area contributed by atoms with Crippen LogP contribution < -0.4 is 0 Å². The lowest BCUT2D eigenvalue weighted by atomic mass is 10.0. The molecule has 0 saturated heterocycles. The number of para-hydroxylation sites is 4. The summed E-state index contributed by atoms with van der Waals surface area (Å²) in [5.41, 5.74) is 9.57. The smallest absolute Gasteiger partial charge is 0.166 e. The van der Waals surface area contributed by atoms with Gasteiger partial charge in [0, 0.05) is 49.6 Å². The number of hydrogen-bond donors (Lipinski definition) is 0. The molecule has 0 aliphatic rings. The van der Waals surface area contributed by atoms with Crippen molar-refractivity contribution in [2.75, 3.05) is 0 Å². The minimum atomic E-state index is 0.631. The Hall–Kier alpha value is -6.85. The zero-order chi connectivity index (χ0) is 33.0. The second kappa shape index (κ2) is 11.4. The van der Waals surface area contributed by atoms with Crippen molar-refractivity contribution in [2.24, 2.45) is 0 Å². The highest BCUT2D eigenvalue weighted by atomic mass is 15.1. The van der Waals surface area contributed by atoms with E-state index < -0.39 is 0 Å². The number of benzene rings is 7. The highest BCUT2D eigenvalue weighted by Crippen LogP contribution is 2.44. The standard InChI is InChI=1S/C45H29N5/c1-5-16-30(17-6-1)43-46-44(31-18-7-2-8-19-31)48-45(47-43)36-26-15-25-35-41-39(50(42(35)36)33-22-11-4-12-23-33)29-28-38-40(41)34-24-13-14-27-37(34)49(38)32-20-9-3-10-21-32/h1-29H. The first-order chi connectivity index (χ1) is 24.8. The maximum absolute atomic E-state index is 5.17. The molecule has 0 saturated carbocycles. The summed E-state index contributed by atoms with van der Waals surface area (Å²) in [6, 6.07) is 61.3. The quantitative estimate of drug-likeness (QED) is 0.188. The molecule has 0 radical (unpaired) electrons. The molecular formula is C45H29N5. The maximum atomic E-state index is 5.17. The molecule has 0 unspecified atom stereocenters. The molecule has 0 aliphatic heterocycles. The van der Waals surface area contributed by atoms with Gasteiger partial charge in [0.1, 0.15) is 0 Å². The van der Waals surface area contributed by atoms with E-state index >= 15 is 0 Å². The number of rotatable bonds is 5. The van der Waals surface area contributed by atoms with Crippen LogP contribution in [-0.2, 0) is 0 Å². The molecular weight excluding hydrogens is 611 g/mol. The van der Waals surface area contributed by atoms with Crippen LogP contribution in [0.5, 0.6) is 0 Å². The van der Waals surface area contributed by atoms with Gasteiger partial charge in [0.15, 0.2) is 17.5 Å². The van der Waals surface area contributed by atoms with Gasteiger partial charge < -0.3 is 9.13 Å². The van der Waals surface area contributed by atoms with Crippen LogP contribution >= 0.6 is 0 Å². The van der Waals surface area contributed by atoms with E-state index in [0.717, 1.165) is 44.5 Å². The zero-order valence-electron chi connectivity index (χ0n) is 27.0. The molecule has 0 aliphatic carbocycles. The van der Waals surface area contributed by atoms with Gasteiger partial charge in [0.2, 0.25) is 0 Å². The molecule has 7 aromatic carbocycles. The van der Waals surface area contributed by atoms with Crippen molar-refractivity contribution in [3.05, 3.63) is 176 Å². The van der Waals surface area contributed by atoms with Crippen LogP contribution in [0.4, 0.5) is 0 Å². The van der Waals surface area contributed by atoms with Crippen LogP contribution in [0.15, 0.2) is 176 Å². The Kier molecular flexibility index (Phi) is 6.42. The molecule has 5 heteroatoms. The van der Waals surface area contributed by atoms with Crippen LogP contribution in [0, 0.1) is 0 Å². The summed E-state index contributed by atoms with van der Waals surface area (Å²) in [5, 5.41) is 4.79. The summed E-state index contributed by atoms with van der Waals surface area (Å²) in [6.45, 7) is 0. The number of hydrogen-bond acceptors (Lipinski definition) is 3. The summed E-state index contributed by atoms with van der Waals surface area (Å²) in [7, 11) is 0. The molecule has 0 N–H and O–H groups in total. The fourth-order valence-corrected chi connectivity index (χ4v) is 7.43. The van der Waals surface area contributed by atoms with Gasteiger partial charge in [-0.25, -0.2) is 15.0 Å². The molecule has 10 rings (SSSR count). The van der Waals surface area contributed by atoms with Gasteiger partial charge in [-0.05, 0) is 48.5 Å². The van der Waals surface area contributed by atoms with Gasteiger partial charge in [0.05, 0.1) is 22.1 Å². The van der Waals surface area contributed by atoms with Crippen molar-refractivity contribution in [3.63, 3.8) is 0 Å². The lowest BCUT2D eigenvalue weighted by molar-refractivity contribution is 1.07. The van der Waals surface area contributed by atoms with E-state index in [2.05, 4.69) is 149 Å².